The Morgan fingerprint density at radius 3 is 2.53 bits per heavy atom. The fourth-order valence-corrected chi connectivity index (χ4v) is 3.93. The summed E-state index contributed by atoms with van der Waals surface area (Å²) in [4.78, 5) is 5.95. The van der Waals surface area contributed by atoms with Crippen LogP contribution in [0.1, 0.15) is 63.6 Å². The van der Waals surface area contributed by atoms with Crippen LogP contribution in [0.4, 0.5) is 0 Å². The van der Waals surface area contributed by atoms with Crippen LogP contribution in [0, 0.1) is 12.8 Å². The first-order valence-corrected chi connectivity index (χ1v) is 8.76. The fourth-order valence-electron chi connectivity index (χ4n) is 2.24. The van der Waals surface area contributed by atoms with Crippen molar-refractivity contribution in [1.29, 1.82) is 0 Å². The zero-order valence-corrected chi connectivity index (χ0v) is 14.3. The quantitative estimate of drug-likeness (QED) is 0.698. The van der Waals surface area contributed by atoms with E-state index in [4.69, 9.17) is 5.14 Å². The lowest BCUT2D eigenvalue weighted by Crippen LogP contribution is -2.03. The topological polar surface area (TPSA) is 38.9 Å². The standard InChI is InChI=1S/C15H26N2S2/c1-6-7-13(10(2)3)14(19-16)8-11(4)15-17-12(5)9-18-15/h9-11H,6-8,16H2,1-5H3/b14-13+. The molecule has 0 spiro atoms. The largest absolute Gasteiger partial charge is 0.274 e. The molecule has 1 rings (SSSR count). The molecular weight excluding hydrogens is 272 g/mol. The number of nitrogens with zero attached hydrogens (tertiary/aromatic N) is 1. The van der Waals surface area contributed by atoms with E-state index in [1.165, 1.54) is 33.9 Å². The lowest BCUT2D eigenvalue weighted by Gasteiger charge is -2.18. The third-order valence-corrected chi connectivity index (χ3v) is 5.17. The summed E-state index contributed by atoms with van der Waals surface area (Å²) in [5.74, 6) is 1.03. The van der Waals surface area contributed by atoms with E-state index < -0.39 is 0 Å². The van der Waals surface area contributed by atoms with Crippen molar-refractivity contribution in [3.8, 4) is 0 Å². The van der Waals surface area contributed by atoms with E-state index >= 15 is 0 Å². The molecule has 0 aromatic carbocycles. The Hall–Kier alpha value is -0.320. The predicted octanol–water partition coefficient (Wildman–Crippen LogP) is 5.26. The van der Waals surface area contributed by atoms with Gasteiger partial charge in [0.2, 0.25) is 0 Å². The molecule has 0 bridgehead atoms. The van der Waals surface area contributed by atoms with E-state index in [-0.39, 0.29) is 0 Å². The van der Waals surface area contributed by atoms with Crippen LogP contribution in [0.3, 0.4) is 0 Å². The third kappa shape index (κ3) is 4.93. The van der Waals surface area contributed by atoms with Gasteiger partial charge in [-0.15, -0.1) is 11.3 Å². The third-order valence-electron chi connectivity index (χ3n) is 3.27. The molecule has 0 saturated heterocycles. The molecule has 1 aromatic heterocycles. The molecule has 1 aromatic rings. The lowest BCUT2D eigenvalue weighted by atomic mass is 9.95. The van der Waals surface area contributed by atoms with Gasteiger partial charge in [-0.25, -0.2) is 4.98 Å². The van der Waals surface area contributed by atoms with E-state index in [1.54, 1.807) is 11.3 Å². The maximum Gasteiger partial charge on any atom is 0.0959 e. The normalized spacial score (nSPS) is 14.7. The van der Waals surface area contributed by atoms with Gasteiger partial charge < -0.3 is 0 Å². The Morgan fingerprint density at radius 2 is 2.11 bits per heavy atom. The van der Waals surface area contributed by atoms with Crippen molar-refractivity contribution in [3.05, 3.63) is 26.6 Å². The number of thiazole rings is 1. The van der Waals surface area contributed by atoms with Gasteiger partial charge in [0.1, 0.15) is 0 Å². The van der Waals surface area contributed by atoms with Crippen molar-refractivity contribution < 1.29 is 0 Å². The predicted molar refractivity (Wildman–Crippen MR) is 88.4 cm³/mol. The molecule has 108 valence electrons. The second-order valence-electron chi connectivity index (χ2n) is 5.40. The van der Waals surface area contributed by atoms with E-state index in [0.29, 0.717) is 11.8 Å². The zero-order chi connectivity index (χ0) is 14.4. The zero-order valence-electron chi connectivity index (χ0n) is 12.7. The van der Waals surface area contributed by atoms with Gasteiger partial charge in [0.05, 0.1) is 5.01 Å². The number of aryl methyl sites for hydroxylation is 1. The van der Waals surface area contributed by atoms with Crippen LogP contribution in [-0.4, -0.2) is 4.98 Å². The van der Waals surface area contributed by atoms with Crippen molar-refractivity contribution in [2.45, 2.75) is 59.8 Å². The van der Waals surface area contributed by atoms with Gasteiger partial charge in [-0.05, 0) is 25.7 Å². The maximum atomic E-state index is 5.92. The van der Waals surface area contributed by atoms with Crippen molar-refractivity contribution in [2.75, 3.05) is 0 Å². The van der Waals surface area contributed by atoms with Gasteiger partial charge in [-0.2, -0.15) is 0 Å². The van der Waals surface area contributed by atoms with Crippen molar-refractivity contribution in [3.63, 3.8) is 0 Å². The fraction of sp³-hybridized carbons (Fsp3) is 0.667. The number of nitrogens with two attached hydrogens (primary N) is 1. The molecule has 1 unspecified atom stereocenters. The number of aromatic nitrogens is 1. The van der Waals surface area contributed by atoms with E-state index in [0.717, 1.165) is 18.5 Å². The Morgan fingerprint density at radius 1 is 1.42 bits per heavy atom. The molecule has 0 aliphatic rings. The van der Waals surface area contributed by atoms with Gasteiger partial charge in [0.15, 0.2) is 0 Å². The minimum Gasteiger partial charge on any atom is -0.274 e. The highest BCUT2D eigenvalue weighted by Crippen LogP contribution is 2.34. The smallest absolute Gasteiger partial charge is 0.0959 e. The minimum atomic E-state index is 0.454. The summed E-state index contributed by atoms with van der Waals surface area (Å²) >= 11 is 3.19. The van der Waals surface area contributed by atoms with Crippen molar-refractivity contribution >= 4 is 23.3 Å². The van der Waals surface area contributed by atoms with Crippen LogP contribution in [-0.2, 0) is 0 Å². The summed E-state index contributed by atoms with van der Waals surface area (Å²) in [5, 5.41) is 9.27. The van der Waals surface area contributed by atoms with Crippen LogP contribution in [0.2, 0.25) is 0 Å². The highest BCUT2D eigenvalue weighted by Gasteiger charge is 2.16. The first-order valence-electron chi connectivity index (χ1n) is 7.00. The molecule has 4 heteroatoms. The summed E-state index contributed by atoms with van der Waals surface area (Å²) in [7, 11) is 0. The Labute approximate surface area is 126 Å². The lowest BCUT2D eigenvalue weighted by molar-refractivity contribution is 0.675. The van der Waals surface area contributed by atoms with Gasteiger partial charge in [0.25, 0.3) is 0 Å². The summed E-state index contributed by atoms with van der Waals surface area (Å²) in [6.45, 7) is 11.1. The monoisotopic (exact) mass is 298 g/mol. The first kappa shape index (κ1) is 16.7. The van der Waals surface area contributed by atoms with Crippen LogP contribution in [0.5, 0.6) is 0 Å². The van der Waals surface area contributed by atoms with E-state index in [9.17, 15) is 0 Å². The van der Waals surface area contributed by atoms with Crippen molar-refractivity contribution in [1.82, 2.24) is 4.98 Å². The Balaban J connectivity index is 2.88. The summed E-state index contributed by atoms with van der Waals surface area (Å²) < 4.78 is 0. The average molecular weight is 299 g/mol. The molecule has 2 nitrogen and oxygen atoms in total. The van der Waals surface area contributed by atoms with Crippen molar-refractivity contribution in [2.24, 2.45) is 11.1 Å². The van der Waals surface area contributed by atoms with Gasteiger partial charge in [0, 0.05) is 21.9 Å². The Kier molecular flexibility index (Phi) is 7.11. The minimum absolute atomic E-state index is 0.454. The average Bonchev–Trinajstić information content (AvgIpc) is 2.79. The second-order valence-corrected chi connectivity index (χ2v) is 7.02. The summed E-state index contributed by atoms with van der Waals surface area (Å²) in [6, 6.07) is 0. The SMILES string of the molecule is CCC/C(=C(/CC(C)c1nc(C)cs1)SN)C(C)C. The maximum absolute atomic E-state index is 5.92. The molecule has 0 radical (unpaired) electrons. The van der Waals surface area contributed by atoms with Gasteiger partial charge >= 0.3 is 0 Å². The molecule has 0 fully saturated rings. The molecular formula is C15H26N2S2. The second kappa shape index (κ2) is 8.08. The van der Waals surface area contributed by atoms with Gasteiger partial charge in [-0.3, -0.25) is 5.14 Å². The molecule has 0 amide bonds. The molecule has 0 saturated carbocycles. The summed E-state index contributed by atoms with van der Waals surface area (Å²) in [5.41, 5.74) is 2.64. The molecule has 0 aliphatic carbocycles. The van der Waals surface area contributed by atoms with Crippen LogP contribution < -0.4 is 5.14 Å². The molecule has 2 N–H and O–H groups in total. The number of hydrogen-bond acceptors (Lipinski definition) is 4. The highest BCUT2D eigenvalue weighted by atomic mass is 32.2. The number of rotatable bonds is 7. The molecule has 1 heterocycles. The van der Waals surface area contributed by atoms with Crippen LogP contribution in [0.25, 0.3) is 0 Å². The van der Waals surface area contributed by atoms with E-state index in [2.05, 4.69) is 45.0 Å². The molecule has 19 heavy (non-hydrogen) atoms. The van der Waals surface area contributed by atoms with Crippen LogP contribution in [0.15, 0.2) is 15.9 Å². The highest BCUT2D eigenvalue weighted by molar-refractivity contribution is 8.00. The van der Waals surface area contributed by atoms with Crippen LogP contribution >= 0.6 is 23.3 Å². The molecule has 1 atom stereocenters. The Bertz CT molecular complexity index is 422. The number of allylic oxidation sites excluding steroid dienone is 2. The summed E-state index contributed by atoms with van der Waals surface area (Å²) in [6.07, 6.45) is 3.35. The van der Waals surface area contributed by atoms with Gasteiger partial charge in [-0.1, -0.05) is 51.6 Å². The molecule has 0 aliphatic heterocycles. The number of hydrogen-bond donors (Lipinski definition) is 1. The first-order chi connectivity index (χ1) is 8.99. The van der Waals surface area contributed by atoms with E-state index in [1.807, 2.05) is 0 Å².